The van der Waals surface area contributed by atoms with Crippen molar-refractivity contribution in [2.75, 3.05) is 7.11 Å². The first-order valence-electron chi connectivity index (χ1n) is 5.18. The summed E-state index contributed by atoms with van der Waals surface area (Å²) in [6.07, 6.45) is 4.93. The molecular formula is C11H14N2OS. The highest BCUT2D eigenvalue weighted by Gasteiger charge is 2.38. The van der Waals surface area contributed by atoms with Crippen LogP contribution in [0.1, 0.15) is 36.4 Å². The van der Waals surface area contributed by atoms with Crippen molar-refractivity contribution >= 4 is 11.3 Å². The Hall–Kier alpha value is -0.920. The summed E-state index contributed by atoms with van der Waals surface area (Å²) in [6, 6.07) is 2.12. The van der Waals surface area contributed by atoms with Gasteiger partial charge in [-0.25, -0.2) is 4.98 Å². The van der Waals surface area contributed by atoms with Crippen molar-refractivity contribution in [3.8, 4) is 6.07 Å². The molecule has 0 N–H and O–H groups in total. The number of hydrogen-bond acceptors (Lipinski definition) is 4. The van der Waals surface area contributed by atoms with Gasteiger partial charge in [0.1, 0.15) is 10.6 Å². The first-order chi connectivity index (χ1) is 7.30. The van der Waals surface area contributed by atoms with E-state index in [1.807, 2.05) is 5.38 Å². The lowest BCUT2D eigenvalue weighted by atomic mass is 10.0. The topological polar surface area (TPSA) is 45.9 Å². The zero-order chi connectivity index (χ0) is 10.7. The number of methoxy groups -OCH3 is 1. The van der Waals surface area contributed by atoms with Crippen LogP contribution in [-0.4, -0.2) is 12.1 Å². The van der Waals surface area contributed by atoms with Crippen LogP contribution in [0.3, 0.4) is 0 Å². The highest BCUT2D eigenvalue weighted by molar-refractivity contribution is 7.09. The van der Waals surface area contributed by atoms with Gasteiger partial charge in [0.2, 0.25) is 0 Å². The molecule has 1 aliphatic carbocycles. The first-order valence-corrected chi connectivity index (χ1v) is 6.06. The molecular weight excluding hydrogens is 208 g/mol. The minimum atomic E-state index is -0.154. The summed E-state index contributed by atoms with van der Waals surface area (Å²) in [5, 5.41) is 11.6. The molecule has 1 aromatic heterocycles. The molecule has 1 fully saturated rings. The first kappa shape index (κ1) is 10.6. The maximum absolute atomic E-state index is 8.60. The van der Waals surface area contributed by atoms with Crippen molar-refractivity contribution < 1.29 is 4.74 Å². The molecule has 3 nitrogen and oxygen atoms in total. The molecule has 1 aliphatic rings. The van der Waals surface area contributed by atoms with Gasteiger partial charge in [0.25, 0.3) is 0 Å². The third-order valence-corrected chi connectivity index (χ3v) is 4.08. The van der Waals surface area contributed by atoms with Crippen LogP contribution >= 0.6 is 11.3 Å². The molecule has 0 saturated heterocycles. The summed E-state index contributed by atoms with van der Waals surface area (Å²) in [6.45, 7) is 0. The summed E-state index contributed by atoms with van der Waals surface area (Å²) in [5.41, 5.74) is 0.721. The molecule has 0 atom stereocenters. The number of ether oxygens (including phenoxy) is 1. The monoisotopic (exact) mass is 222 g/mol. The number of nitrogens with zero attached hydrogens (tertiary/aromatic N) is 2. The fourth-order valence-electron chi connectivity index (χ4n) is 2.13. The molecule has 0 bridgehead atoms. The van der Waals surface area contributed by atoms with Crippen LogP contribution in [-0.2, 0) is 16.8 Å². The molecule has 0 aromatic carbocycles. The predicted molar refractivity (Wildman–Crippen MR) is 58.6 cm³/mol. The van der Waals surface area contributed by atoms with E-state index >= 15 is 0 Å². The average Bonchev–Trinajstić information content (AvgIpc) is 2.86. The quantitative estimate of drug-likeness (QED) is 0.789. The Balaban J connectivity index is 2.23. The normalized spacial score (nSPS) is 18.9. The minimum absolute atomic E-state index is 0.154. The van der Waals surface area contributed by atoms with Crippen molar-refractivity contribution in [3.05, 3.63) is 16.1 Å². The zero-order valence-corrected chi connectivity index (χ0v) is 9.64. The van der Waals surface area contributed by atoms with Crippen molar-refractivity contribution in [1.82, 2.24) is 4.98 Å². The molecule has 15 heavy (non-hydrogen) atoms. The Bertz CT molecular complexity index is 374. The number of rotatable bonds is 3. The lowest BCUT2D eigenvalue weighted by molar-refractivity contribution is -0.00894. The van der Waals surface area contributed by atoms with Crippen molar-refractivity contribution in [2.24, 2.45) is 0 Å². The van der Waals surface area contributed by atoms with E-state index in [0.29, 0.717) is 6.42 Å². The SMILES string of the molecule is COC1(c2nc(CC#N)cs2)CCCC1. The van der Waals surface area contributed by atoms with Crippen LogP contribution in [0.25, 0.3) is 0 Å². The molecule has 0 unspecified atom stereocenters. The van der Waals surface area contributed by atoms with Gasteiger partial charge in [-0.05, 0) is 12.8 Å². The van der Waals surface area contributed by atoms with E-state index in [1.54, 1.807) is 18.4 Å². The number of hydrogen-bond donors (Lipinski definition) is 0. The van der Waals surface area contributed by atoms with Crippen molar-refractivity contribution in [2.45, 2.75) is 37.7 Å². The minimum Gasteiger partial charge on any atom is -0.371 e. The summed E-state index contributed by atoms with van der Waals surface area (Å²) >= 11 is 1.62. The van der Waals surface area contributed by atoms with Crippen molar-refractivity contribution in [3.63, 3.8) is 0 Å². The Labute approximate surface area is 93.7 Å². The van der Waals surface area contributed by atoms with Gasteiger partial charge in [-0.2, -0.15) is 5.26 Å². The second-order valence-electron chi connectivity index (χ2n) is 3.88. The summed E-state index contributed by atoms with van der Waals surface area (Å²) in [4.78, 5) is 4.50. The van der Waals surface area contributed by atoms with E-state index in [-0.39, 0.29) is 5.60 Å². The fourth-order valence-corrected chi connectivity index (χ4v) is 3.19. The average molecular weight is 222 g/mol. The van der Waals surface area contributed by atoms with Crippen molar-refractivity contribution in [1.29, 1.82) is 5.26 Å². The molecule has 1 saturated carbocycles. The molecule has 1 aromatic rings. The lowest BCUT2D eigenvalue weighted by Gasteiger charge is -2.24. The van der Waals surface area contributed by atoms with Gasteiger partial charge < -0.3 is 4.74 Å². The van der Waals surface area contributed by atoms with Gasteiger partial charge in [-0.3, -0.25) is 0 Å². The van der Waals surface area contributed by atoms with Gasteiger partial charge in [-0.15, -0.1) is 11.3 Å². The molecule has 0 aliphatic heterocycles. The molecule has 4 heteroatoms. The maximum atomic E-state index is 8.60. The highest BCUT2D eigenvalue weighted by Crippen LogP contribution is 2.42. The molecule has 0 radical (unpaired) electrons. The van der Waals surface area contributed by atoms with E-state index in [0.717, 1.165) is 23.5 Å². The van der Waals surface area contributed by atoms with Gasteiger partial charge >= 0.3 is 0 Å². The molecule has 0 spiro atoms. The highest BCUT2D eigenvalue weighted by atomic mass is 32.1. The van der Waals surface area contributed by atoms with Gasteiger partial charge in [-0.1, -0.05) is 12.8 Å². The van der Waals surface area contributed by atoms with E-state index in [2.05, 4.69) is 11.1 Å². The number of aromatic nitrogens is 1. The van der Waals surface area contributed by atoms with Crippen LogP contribution in [0.2, 0.25) is 0 Å². The summed E-state index contributed by atoms with van der Waals surface area (Å²) < 4.78 is 5.64. The standard InChI is InChI=1S/C11H14N2OS/c1-14-11(5-2-3-6-11)10-13-9(4-7-12)8-15-10/h8H,2-6H2,1H3. The number of nitriles is 1. The van der Waals surface area contributed by atoms with Gasteiger partial charge in [0.05, 0.1) is 18.2 Å². The van der Waals surface area contributed by atoms with Gasteiger partial charge in [0, 0.05) is 12.5 Å². The molecule has 1 heterocycles. The third kappa shape index (κ3) is 1.90. The molecule has 80 valence electrons. The maximum Gasteiger partial charge on any atom is 0.125 e. The third-order valence-electron chi connectivity index (χ3n) is 3.00. The summed E-state index contributed by atoms with van der Waals surface area (Å²) in [7, 11) is 1.76. The second kappa shape index (κ2) is 4.30. The Morgan fingerprint density at radius 1 is 1.60 bits per heavy atom. The van der Waals surface area contributed by atoms with E-state index < -0.39 is 0 Å². The van der Waals surface area contributed by atoms with Crippen LogP contribution in [0.4, 0.5) is 0 Å². The lowest BCUT2D eigenvalue weighted by Crippen LogP contribution is -2.24. The summed E-state index contributed by atoms with van der Waals surface area (Å²) in [5.74, 6) is 0. The Kier molecular flexibility index (Phi) is 3.03. The zero-order valence-electron chi connectivity index (χ0n) is 8.82. The molecule has 0 amide bonds. The van der Waals surface area contributed by atoms with Crippen LogP contribution < -0.4 is 0 Å². The van der Waals surface area contributed by atoms with Gasteiger partial charge in [0.15, 0.2) is 0 Å². The Morgan fingerprint density at radius 3 is 2.93 bits per heavy atom. The largest absolute Gasteiger partial charge is 0.371 e. The number of thiazole rings is 1. The van der Waals surface area contributed by atoms with E-state index in [1.165, 1.54) is 12.8 Å². The van der Waals surface area contributed by atoms with Crippen LogP contribution in [0.5, 0.6) is 0 Å². The smallest absolute Gasteiger partial charge is 0.125 e. The second-order valence-corrected chi connectivity index (χ2v) is 4.74. The predicted octanol–water partition coefficient (Wildman–Crippen LogP) is 2.62. The van der Waals surface area contributed by atoms with Crippen LogP contribution in [0.15, 0.2) is 5.38 Å². The van der Waals surface area contributed by atoms with Crippen LogP contribution in [0, 0.1) is 11.3 Å². The Morgan fingerprint density at radius 2 is 2.33 bits per heavy atom. The fraction of sp³-hybridized carbons (Fsp3) is 0.636. The molecule has 2 rings (SSSR count). The van der Waals surface area contributed by atoms with E-state index in [4.69, 9.17) is 10.00 Å². The van der Waals surface area contributed by atoms with E-state index in [9.17, 15) is 0 Å².